The summed E-state index contributed by atoms with van der Waals surface area (Å²) in [5.74, 6) is 0.126. The molecular weight excluding hydrogens is 252 g/mol. The lowest BCUT2D eigenvalue weighted by Crippen LogP contribution is -2.30. The summed E-state index contributed by atoms with van der Waals surface area (Å²) in [5, 5.41) is 2.84. The number of ether oxygens (including phenoxy) is 1. The quantitative estimate of drug-likeness (QED) is 0.380. The Bertz CT molecular complexity index is 221. The third-order valence-corrected chi connectivity index (χ3v) is 3.31. The molecule has 1 unspecified atom stereocenters. The number of rotatable bonds is 14. The largest absolute Gasteiger partial charge is 0.362 e. The summed E-state index contributed by atoms with van der Waals surface area (Å²) < 4.78 is 5.15. The van der Waals surface area contributed by atoms with E-state index in [1.165, 1.54) is 44.9 Å². The normalized spacial score (nSPS) is 12.3. The Morgan fingerprint density at radius 1 is 1.05 bits per heavy atom. The van der Waals surface area contributed by atoms with Crippen molar-refractivity contribution in [3.63, 3.8) is 0 Å². The number of nitrogens with one attached hydrogen (secondary N) is 1. The van der Waals surface area contributed by atoms with E-state index in [0.29, 0.717) is 19.6 Å². The zero-order valence-corrected chi connectivity index (χ0v) is 13.5. The van der Waals surface area contributed by atoms with E-state index in [1.54, 1.807) is 6.92 Å². The molecule has 20 heavy (non-hydrogen) atoms. The van der Waals surface area contributed by atoms with Gasteiger partial charge in [0, 0.05) is 13.0 Å². The molecule has 0 aromatic heterocycles. The molecule has 120 valence electrons. The van der Waals surface area contributed by atoms with E-state index >= 15 is 0 Å². The molecule has 0 radical (unpaired) electrons. The summed E-state index contributed by atoms with van der Waals surface area (Å²) in [4.78, 5) is 11.5. The van der Waals surface area contributed by atoms with Crippen LogP contribution in [-0.4, -0.2) is 25.3 Å². The van der Waals surface area contributed by atoms with Gasteiger partial charge in [0.2, 0.25) is 5.91 Å². The number of carbonyl (C=O) groups is 1. The third-order valence-electron chi connectivity index (χ3n) is 3.31. The monoisotopic (exact) mass is 286 g/mol. The smallest absolute Gasteiger partial charge is 0.220 e. The van der Waals surface area contributed by atoms with Gasteiger partial charge in [-0.1, -0.05) is 58.3 Å². The standard InChI is InChI=1S/C16H34N2O2/c1-3-4-5-6-7-8-9-10-11-12-16(19)18-13-14-20-15(2)17/h15H,3-14,17H2,1-2H3,(H,18,19). The highest BCUT2D eigenvalue weighted by Crippen LogP contribution is 2.10. The molecule has 0 saturated carbocycles. The van der Waals surface area contributed by atoms with Gasteiger partial charge in [-0.3, -0.25) is 4.79 Å². The van der Waals surface area contributed by atoms with Crippen LogP contribution in [0.1, 0.15) is 78.1 Å². The average Bonchev–Trinajstić information content (AvgIpc) is 2.41. The van der Waals surface area contributed by atoms with E-state index in [2.05, 4.69) is 12.2 Å². The van der Waals surface area contributed by atoms with Crippen molar-refractivity contribution in [1.29, 1.82) is 0 Å². The molecular formula is C16H34N2O2. The van der Waals surface area contributed by atoms with Gasteiger partial charge in [0.25, 0.3) is 0 Å². The van der Waals surface area contributed by atoms with E-state index in [9.17, 15) is 4.79 Å². The highest BCUT2D eigenvalue weighted by Gasteiger charge is 2.01. The van der Waals surface area contributed by atoms with Crippen molar-refractivity contribution in [1.82, 2.24) is 5.32 Å². The molecule has 0 rings (SSSR count). The predicted octanol–water partition coefficient (Wildman–Crippen LogP) is 3.34. The molecule has 4 heteroatoms. The number of hydrogen-bond acceptors (Lipinski definition) is 3. The molecule has 0 saturated heterocycles. The molecule has 4 nitrogen and oxygen atoms in total. The van der Waals surface area contributed by atoms with Crippen molar-refractivity contribution in [3.05, 3.63) is 0 Å². The maximum Gasteiger partial charge on any atom is 0.220 e. The number of amides is 1. The second-order valence-electron chi connectivity index (χ2n) is 5.50. The van der Waals surface area contributed by atoms with Crippen LogP contribution in [0.15, 0.2) is 0 Å². The van der Waals surface area contributed by atoms with Gasteiger partial charge in [-0.15, -0.1) is 0 Å². The predicted molar refractivity (Wildman–Crippen MR) is 84.5 cm³/mol. The Hall–Kier alpha value is -0.610. The maximum atomic E-state index is 11.5. The first-order valence-electron chi connectivity index (χ1n) is 8.30. The van der Waals surface area contributed by atoms with E-state index in [0.717, 1.165) is 12.8 Å². The van der Waals surface area contributed by atoms with E-state index in [1.807, 2.05) is 0 Å². The van der Waals surface area contributed by atoms with Crippen LogP contribution < -0.4 is 11.1 Å². The first-order chi connectivity index (χ1) is 9.66. The molecule has 1 atom stereocenters. The summed E-state index contributed by atoms with van der Waals surface area (Å²) in [7, 11) is 0. The molecule has 0 bridgehead atoms. The second-order valence-corrected chi connectivity index (χ2v) is 5.50. The Kier molecular flexibility index (Phi) is 14.3. The molecule has 0 aliphatic rings. The van der Waals surface area contributed by atoms with E-state index < -0.39 is 0 Å². The summed E-state index contributed by atoms with van der Waals surface area (Å²) in [6.07, 6.45) is 11.9. The van der Waals surface area contributed by atoms with Crippen molar-refractivity contribution in [2.75, 3.05) is 13.2 Å². The fourth-order valence-corrected chi connectivity index (χ4v) is 2.12. The van der Waals surface area contributed by atoms with Crippen LogP contribution in [0.2, 0.25) is 0 Å². The fourth-order valence-electron chi connectivity index (χ4n) is 2.12. The highest BCUT2D eigenvalue weighted by atomic mass is 16.5. The Morgan fingerprint density at radius 2 is 1.60 bits per heavy atom. The molecule has 0 heterocycles. The van der Waals surface area contributed by atoms with Gasteiger partial charge >= 0.3 is 0 Å². The minimum atomic E-state index is -0.260. The molecule has 3 N–H and O–H groups in total. The van der Waals surface area contributed by atoms with Crippen molar-refractivity contribution in [2.45, 2.75) is 84.3 Å². The van der Waals surface area contributed by atoms with Crippen molar-refractivity contribution in [3.8, 4) is 0 Å². The second kappa shape index (κ2) is 14.8. The molecule has 0 aliphatic heterocycles. The molecule has 1 amide bonds. The van der Waals surface area contributed by atoms with Crippen LogP contribution in [-0.2, 0) is 9.53 Å². The van der Waals surface area contributed by atoms with Crippen LogP contribution in [0.5, 0.6) is 0 Å². The number of unbranched alkanes of at least 4 members (excludes halogenated alkanes) is 8. The van der Waals surface area contributed by atoms with Crippen LogP contribution in [0, 0.1) is 0 Å². The summed E-state index contributed by atoms with van der Waals surface area (Å²) in [5.41, 5.74) is 5.44. The van der Waals surface area contributed by atoms with E-state index in [-0.39, 0.29) is 12.1 Å². The topological polar surface area (TPSA) is 64.3 Å². The third kappa shape index (κ3) is 15.4. The van der Waals surface area contributed by atoms with Crippen molar-refractivity contribution >= 4 is 5.91 Å². The van der Waals surface area contributed by atoms with Crippen LogP contribution in [0.4, 0.5) is 0 Å². The van der Waals surface area contributed by atoms with Crippen LogP contribution in [0.25, 0.3) is 0 Å². The molecule has 0 fully saturated rings. The van der Waals surface area contributed by atoms with Crippen LogP contribution >= 0.6 is 0 Å². The fraction of sp³-hybridized carbons (Fsp3) is 0.938. The number of nitrogens with two attached hydrogens (primary N) is 1. The lowest BCUT2D eigenvalue weighted by molar-refractivity contribution is -0.121. The first-order valence-corrected chi connectivity index (χ1v) is 8.30. The van der Waals surface area contributed by atoms with Crippen molar-refractivity contribution < 1.29 is 9.53 Å². The average molecular weight is 286 g/mol. The van der Waals surface area contributed by atoms with Gasteiger partial charge in [-0.05, 0) is 13.3 Å². The van der Waals surface area contributed by atoms with Gasteiger partial charge in [0.15, 0.2) is 0 Å². The summed E-state index contributed by atoms with van der Waals surface area (Å²) >= 11 is 0. The Morgan fingerprint density at radius 3 is 2.15 bits per heavy atom. The number of hydrogen-bond donors (Lipinski definition) is 2. The Labute approximate surface area is 124 Å². The zero-order valence-electron chi connectivity index (χ0n) is 13.5. The SMILES string of the molecule is CCCCCCCCCCCC(=O)NCCOC(C)N. The van der Waals surface area contributed by atoms with Gasteiger partial charge in [-0.2, -0.15) is 0 Å². The van der Waals surface area contributed by atoms with Crippen LogP contribution in [0.3, 0.4) is 0 Å². The summed E-state index contributed by atoms with van der Waals surface area (Å²) in [6.45, 7) is 5.07. The Balaban J connectivity index is 3.15. The lowest BCUT2D eigenvalue weighted by Gasteiger charge is -2.08. The van der Waals surface area contributed by atoms with Gasteiger partial charge in [0.05, 0.1) is 6.61 Å². The first kappa shape index (κ1) is 19.4. The lowest BCUT2D eigenvalue weighted by atomic mass is 10.1. The zero-order chi connectivity index (χ0) is 15.1. The maximum absolute atomic E-state index is 11.5. The minimum Gasteiger partial charge on any atom is -0.362 e. The highest BCUT2D eigenvalue weighted by molar-refractivity contribution is 5.75. The molecule has 0 aromatic carbocycles. The summed E-state index contributed by atoms with van der Waals surface area (Å²) in [6, 6.07) is 0. The molecule has 0 aliphatic carbocycles. The van der Waals surface area contributed by atoms with E-state index in [4.69, 9.17) is 10.5 Å². The van der Waals surface area contributed by atoms with Gasteiger partial charge < -0.3 is 15.8 Å². The molecule has 0 spiro atoms. The van der Waals surface area contributed by atoms with Crippen molar-refractivity contribution in [2.24, 2.45) is 5.73 Å². The van der Waals surface area contributed by atoms with Gasteiger partial charge in [-0.25, -0.2) is 0 Å². The number of carbonyl (C=O) groups excluding carboxylic acids is 1. The molecule has 0 aromatic rings. The van der Waals surface area contributed by atoms with Gasteiger partial charge in [0.1, 0.15) is 6.23 Å². The minimum absolute atomic E-state index is 0.126.